The van der Waals surface area contributed by atoms with E-state index in [0.29, 0.717) is 18.8 Å². The van der Waals surface area contributed by atoms with E-state index in [0.717, 1.165) is 25.7 Å². The van der Waals surface area contributed by atoms with Gasteiger partial charge >= 0.3 is 5.97 Å². The predicted molar refractivity (Wildman–Crippen MR) is 92.3 cm³/mol. The number of hydrogen-bond donors (Lipinski definition) is 0. The highest BCUT2D eigenvalue weighted by Gasteiger charge is 2.28. The third-order valence-corrected chi connectivity index (χ3v) is 4.51. The SMILES string of the molecule is C=CCCC1CCC(C(=O)Oc2ccc(OC=CC)c(F)c2F)CC1. The number of carbonyl (C=O) groups is 1. The Labute approximate surface area is 147 Å². The first-order valence-corrected chi connectivity index (χ1v) is 8.65. The van der Waals surface area contributed by atoms with Gasteiger partial charge in [-0.1, -0.05) is 12.2 Å². The molecule has 3 nitrogen and oxygen atoms in total. The van der Waals surface area contributed by atoms with Crippen LogP contribution < -0.4 is 9.47 Å². The maximum atomic E-state index is 14.1. The molecule has 0 amide bonds. The Hall–Kier alpha value is -2.17. The fraction of sp³-hybridized carbons (Fsp3) is 0.450. The second-order valence-corrected chi connectivity index (χ2v) is 6.28. The van der Waals surface area contributed by atoms with E-state index in [4.69, 9.17) is 9.47 Å². The van der Waals surface area contributed by atoms with E-state index in [1.807, 2.05) is 6.08 Å². The van der Waals surface area contributed by atoms with Crippen LogP contribution in [-0.4, -0.2) is 5.97 Å². The smallest absolute Gasteiger partial charge is 0.314 e. The van der Waals surface area contributed by atoms with E-state index in [1.165, 1.54) is 18.4 Å². The zero-order valence-electron chi connectivity index (χ0n) is 14.5. The highest BCUT2D eigenvalue weighted by atomic mass is 19.2. The zero-order chi connectivity index (χ0) is 18.2. The van der Waals surface area contributed by atoms with Crippen molar-refractivity contribution in [1.82, 2.24) is 0 Å². The Morgan fingerprint density at radius 1 is 1.20 bits per heavy atom. The number of hydrogen-bond acceptors (Lipinski definition) is 3. The summed E-state index contributed by atoms with van der Waals surface area (Å²) in [5.74, 6) is -3.20. The van der Waals surface area contributed by atoms with E-state index in [9.17, 15) is 13.6 Å². The molecule has 1 aliphatic rings. The van der Waals surface area contributed by atoms with Gasteiger partial charge in [-0.3, -0.25) is 4.79 Å². The van der Waals surface area contributed by atoms with Crippen LogP contribution in [0.3, 0.4) is 0 Å². The number of carbonyl (C=O) groups excluding carboxylic acids is 1. The van der Waals surface area contributed by atoms with Crippen molar-refractivity contribution in [1.29, 1.82) is 0 Å². The van der Waals surface area contributed by atoms with Gasteiger partial charge in [0.2, 0.25) is 11.6 Å². The molecule has 25 heavy (non-hydrogen) atoms. The number of allylic oxidation sites excluding steroid dienone is 2. The van der Waals surface area contributed by atoms with E-state index < -0.39 is 23.4 Å². The summed E-state index contributed by atoms with van der Waals surface area (Å²) >= 11 is 0. The van der Waals surface area contributed by atoms with Gasteiger partial charge < -0.3 is 9.47 Å². The van der Waals surface area contributed by atoms with Crippen molar-refractivity contribution < 1.29 is 23.0 Å². The molecule has 0 aromatic heterocycles. The lowest BCUT2D eigenvalue weighted by Gasteiger charge is -2.26. The third kappa shape index (κ3) is 5.15. The molecule has 0 radical (unpaired) electrons. The second-order valence-electron chi connectivity index (χ2n) is 6.28. The van der Waals surface area contributed by atoms with Crippen LogP contribution in [0.1, 0.15) is 45.4 Å². The maximum Gasteiger partial charge on any atom is 0.314 e. The molecule has 0 spiro atoms. The molecule has 0 unspecified atom stereocenters. The predicted octanol–water partition coefficient (Wildman–Crippen LogP) is 5.56. The highest BCUT2D eigenvalue weighted by Crippen LogP contribution is 2.34. The minimum absolute atomic E-state index is 0.252. The van der Waals surface area contributed by atoms with Gasteiger partial charge in [-0.15, -0.1) is 6.58 Å². The molecular formula is C20H24F2O3. The number of benzene rings is 1. The number of halogens is 2. The largest absolute Gasteiger partial charge is 0.462 e. The molecule has 0 aliphatic heterocycles. The van der Waals surface area contributed by atoms with Crippen LogP contribution in [-0.2, 0) is 4.79 Å². The molecule has 0 heterocycles. The lowest BCUT2D eigenvalue weighted by atomic mass is 9.80. The van der Waals surface area contributed by atoms with Gasteiger partial charge in [0.15, 0.2) is 11.5 Å². The van der Waals surface area contributed by atoms with Gasteiger partial charge in [0, 0.05) is 0 Å². The van der Waals surface area contributed by atoms with Crippen LogP contribution in [0.5, 0.6) is 11.5 Å². The van der Waals surface area contributed by atoms with Crippen LogP contribution in [0.4, 0.5) is 8.78 Å². The molecule has 0 N–H and O–H groups in total. The Morgan fingerprint density at radius 3 is 2.48 bits per heavy atom. The first-order chi connectivity index (χ1) is 12.1. The lowest BCUT2D eigenvalue weighted by molar-refractivity contribution is -0.140. The lowest BCUT2D eigenvalue weighted by Crippen LogP contribution is -2.26. The molecule has 1 aliphatic carbocycles. The van der Waals surface area contributed by atoms with Gasteiger partial charge in [-0.25, -0.2) is 0 Å². The molecule has 1 aromatic rings. The summed E-state index contributed by atoms with van der Waals surface area (Å²) in [5.41, 5.74) is 0. The van der Waals surface area contributed by atoms with Crippen molar-refractivity contribution in [2.24, 2.45) is 11.8 Å². The van der Waals surface area contributed by atoms with Crippen molar-refractivity contribution in [3.05, 3.63) is 48.8 Å². The summed E-state index contributed by atoms with van der Waals surface area (Å²) in [6.45, 7) is 5.41. The quantitative estimate of drug-likeness (QED) is 0.280. The Kier molecular flexibility index (Phi) is 7.16. The van der Waals surface area contributed by atoms with Crippen molar-refractivity contribution in [3.63, 3.8) is 0 Å². The molecule has 136 valence electrons. The topological polar surface area (TPSA) is 35.5 Å². The minimum Gasteiger partial charge on any atom is -0.462 e. The molecule has 2 rings (SSSR count). The molecule has 1 aromatic carbocycles. The summed E-state index contributed by atoms with van der Waals surface area (Å²) in [6.07, 6.45) is 10.1. The van der Waals surface area contributed by atoms with Crippen LogP contribution in [0.25, 0.3) is 0 Å². The fourth-order valence-corrected chi connectivity index (χ4v) is 3.06. The molecule has 5 heteroatoms. The van der Waals surface area contributed by atoms with E-state index in [2.05, 4.69) is 6.58 Å². The van der Waals surface area contributed by atoms with Crippen molar-refractivity contribution in [2.45, 2.75) is 45.4 Å². The Morgan fingerprint density at radius 2 is 1.84 bits per heavy atom. The standard InChI is InChI=1S/C20H24F2O3/c1-3-5-6-14-7-9-15(10-8-14)20(23)25-17-12-11-16(24-13-4-2)18(21)19(17)22/h3-4,11-15H,1,5-10H2,2H3. The van der Waals surface area contributed by atoms with Crippen molar-refractivity contribution in [2.75, 3.05) is 0 Å². The average molecular weight is 350 g/mol. The number of esters is 1. The monoisotopic (exact) mass is 350 g/mol. The van der Waals surface area contributed by atoms with Crippen molar-refractivity contribution in [3.8, 4) is 11.5 Å². The van der Waals surface area contributed by atoms with Gasteiger partial charge in [-0.05, 0) is 63.5 Å². The minimum atomic E-state index is -1.21. The third-order valence-electron chi connectivity index (χ3n) is 4.51. The van der Waals surface area contributed by atoms with Gasteiger partial charge in [-0.2, -0.15) is 8.78 Å². The Bertz CT molecular complexity index is 632. The summed E-state index contributed by atoms with van der Waals surface area (Å²) in [7, 11) is 0. The average Bonchev–Trinajstić information content (AvgIpc) is 2.63. The molecule has 1 fully saturated rings. The molecule has 1 saturated carbocycles. The first kappa shape index (κ1) is 19.2. The van der Waals surface area contributed by atoms with Gasteiger partial charge in [0.05, 0.1) is 12.2 Å². The van der Waals surface area contributed by atoms with Gasteiger partial charge in [0.25, 0.3) is 0 Å². The zero-order valence-corrected chi connectivity index (χ0v) is 14.5. The number of ether oxygens (including phenoxy) is 2. The Balaban J connectivity index is 1.95. The van der Waals surface area contributed by atoms with E-state index in [-0.39, 0.29) is 11.7 Å². The number of rotatable bonds is 7. The summed E-state index contributed by atoms with van der Waals surface area (Å²) in [6, 6.07) is 2.46. The fourth-order valence-electron chi connectivity index (χ4n) is 3.06. The first-order valence-electron chi connectivity index (χ1n) is 8.65. The summed E-state index contributed by atoms with van der Waals surface area (Å²) in [5, 5.41) is 0. The second kappa shape index (κ2) is 9.35. The van der Waals surface area contributed by atoms with Crippen LogP contribution in [0, 0.1) is 23.5 Å². The molecule has 0 bridgehead atoms. The summed E-state index contributed by atoms with van der Waals surface area (Å²) in [4.78, 5) is 12.2. The van der Waals surface area contributed by atoms with Crippen LogP contribution >= 0.6 is 0 Å². The van der Waals surface area contributed by atoms with Crippen molar-refractivity contribution >= 4 is 5.97 Å². The van der Waals surface area contributed by atoms with E-state index >= 15 is 0 Å². The molecule has 0 saturated heterocycles. The van der Waals surface area contributed by atoms with Crippen LogP contribution in [0.15, 0.2) is 37.1 Å². The maximum absolute atomic E-state index is 14.1. The molecular weight excluding hydrogens is 326 g/mol. The highest BCUT2D eigenvalue weighted by molar-refractivity contribution is 5.75. The van der Waals surface area contributed by atoms with E-state index in [1.54, 1.807) is 13.0 Å². The normalized spacial score (nSPS) is 20.4. The summed E-state index contributed by atoms with van der Waals surface area (Å²) < 4.78 is 38.0. The van der Waals surface area contributed by atoms with Gasteiger partial charge in [0.1, 0.15) is 0 Å². The van der Waals surface area contributed by atoms with Crippen LogP contribution in [0.2, 0.25) is 0 Å². The molecule has 0 atom stereocenters.